The minimum absolute atomic E-state index is 0.0489. The highest BCUT2D eigenvalue weighted by Crippen LogP contribution is 2.19. The monoisotopic (exact) mass is 293 g/mol. The van der Waals surface area contributed by atoms with Crippen LogP contribution in [0.2, 0.25) is 0 Å². The average Bonchev–Trinajstić information content (AvgIpc) is 2.95. The van der Waals surface area contributed by atoms with Gasteiger partial charge in [0.2, 0.25) is 0 Å². The Balaban J connectivity index is 1.91. The second-order valence-corrected chi connectivity index (χ2v) is 5.85. The molecule has 1 aromatic heterocycles. The summed E-state index contributed by atoms with van der Waals surface area (Å²) in [5.41, 5.74) is 0.462. The molecule has 1 aromatic rings. The van der Waals surface area contributed by atoms with Crippen molar-refractivity contribution in [1.82, 2.24) is 9.80 Å². The Morgan fingerprint density at radius 1 is 1.50 bits per heavy atom. The molecule has 0 aromatic carbocycles. The molecule has 1 saturated heterocycles. The van der Waals surface area contributed by atoms with Crippen molar-refractivity contribution in [3.05, 3.63) is 21.9 Å². The predicted octanol–water partition coefficient (Wildman–Crippen LogP) is 1.15. The van der Waals surface area contributed by atoms with Crippen LogP contribution in [0, 0.1) is 11.3 Å². The van der Waals surface area contributed by atoms with Gasteiger partial charge in [0.15, 0.2) is 0 Å². The van der Waals surface area contributed by atoms with Crippen LogP contribution in [0.5, 0.6) is 0 Å². The number of hydrogen-bond donors (Lipinski definition) is 1. The van der Waals surface area contributed by atoms with Crippen LogP contribution in [0.3, 0.4) is 0 Å². The van der Waals surface area contributed by atoms with Crippen LogP contribution in [-0.2, 0) is 0 Å². The predicted molar refractivity (Wildman–Crippen MR) is 77.7 cm³/mol. The summed E-state index contributed by atoms with van der Waals surface area (Å²) < 4.78 is 0. The standard InChI is InChI=1S/C14H19N3O2S/c1-2-12(18)10-16-4-6-17(7-5-16)14(19)13-11(9-15)3-8-20-13/h3,8,12,18H,2,4-7,10H2,1H3/t12-/m0/s1. The van der Waals surface area contributed by atoms with Crippen molar-refractivity contribution in [2.75, 3.05) is 32.7 Å². The average molecular weight is 293 g/mol. The Hall–Kier alpha value is -1.42. The van der Waals surface area contributed by atoms with Crippen molar-refractivity contribution >= 4 is 17.2 Å². The molecule has 1 aliphatic rings. The molecular formula is C14H19N3O2S. The van der Waals surface area contributed by atoms with E-state index in [4.69, 9.17) is 5.26 Å². The van der Waals surface area contributed by atoms with Crippen LogP contribution >= 0.6 is 11.3 Å². The first-order chi connectivity index (χ1) is 9.65. The fraction of sp³-hybridized carbons (Fsp3) is 0.571. The van der Waals surface area contributed by atoms with Gasteiger partial charge in [-0.15, -0.1) is 11.3 Å². The second kappa shape index (κ2) is 6.84. The lowest BCUT2D eigenvalue weighted by Crippen LogP contribution is -2.50. The van der Waals surface area contributed by atoms with Gasteiger partial charge in [0, 0.05) is 32.7 Å². The van der Waals surface area contributed by atoms with Crippen molar-refractivity contribution in [1.29, 1.82) is 5.26 Å². The van der Waals surface area contributed by atoms with Gasteiger partial charge in [0.05, 0.1) is 11.7 Å². The van der Waals surface area contributed by atoms with Crippen molar-refractivity contribution < 1.29 is 9.90 Å². The number of thiophene rings is 1. The lowest BCUT2D eigenvalue weighted by molar-refractivity contribution is 0.0527. The Labute approximate surface area is 123 Å². The number of rotatable bonds is 4. The zero-order valence-corrected chi connectivity index (χ0v) is 12.4. The van der Waals surface area contributed by atoms with Gasteiger partial charge in [-0.05, 0) is 17.9 Å². The molecule has 1 N–H and O–H groups in total. The summed E-state index contributed by atoms with van der Waals surface area (Å²) in [5, 5.41) is 20.4. The van der Waals surface area contributed by atoms with E-state index in [0.29, 0.717) is 30.1 Å². The molecule has 0 bridgehead atoms. The summed E-state index contributed by atoms with van der Waals surface area (Å²) in [6.45, 7) is 5.48. The molecule has 0 spiro atoms. The minimum atomic E-state index is -0.292. The van der Waals surface area contributed by atoms with Crippen LogP contribution in [0.25, 0.3) is 0 Å². The zero-order chi connectivity index (χ0) is 14.5. The molecular weight excluding hydrogens is 274 g/mol. The molecule has 6 heteroatoms. The maximum atomic E-state index is 12.3. The molecule has 20 heavy (non-hydrogen) atoms. The topological polar surface area (TPSA) is 67.6 Å². The van der Waals surface area contributed by atoms with Gasteiger partial charge in [-0.25, -0.2) is 0 Å². The zero-order valence-electron chi connectivity index (χ0n) is 11.6. The molecule has 5 nitrogen and oxygen atoms in total. The van der Waals surface area contributed by atoms with Crippen LogP contribution in [0.1, 0.15) is 28.6 Å². The van der Waals surface area contributed by atoms with Gasteiger partial charge in [0.25, 0.3) is 5.91 Å². The van der Waals surface area contributed by atoms with Crippen LogP contribution in [0.15, 0.2) is 11.4 Å². The van der Waals surface area contributed by atoms with Gasteiger partial charge in [0.1, 0.15) is 10.9 Å². The molecule has 108 valence electrons. The first kappa shape index (κ1) is 15.0. The quantitative estimate of drug-likeness (QED) is 0.904. The molecule has 0 unspecified atom stereocenters. The molecule has 1 fully saturated rings. The Kier molecular flexibility index (Phi) is 5.12. The lowest BCUT2D eigenvalue weighted by atomic mass is 10.2. The van der Waals surface area contributed by atoms with Crippen molar-refractivity contribution in [3.8, 4) is 6.07 Å². The Morgan fingerprint density at radius 3 is 2.80 bits per heavy atom. The van der Waals surface area contributed by atoms with E-state index in [0.717, 1.165) is 19.5 Å². The summed E-state index contributed by atoms with van der Waals surface area (Å²) >= 11 is 1.32. The SMILES string of the molecule is CC[C@H](O)CN1CCN(C(=O)c2sccc2C#N)CC1. The normalized spacial score (nSPS) is 17.8. The van der Waals surface area contributed by atoms with E-state index in [1.165, 1.54) is 11.3 Å². The van der Waals surface area contributed by atoms with Gasteiger partial charge < -0.3 is 10.0 Å². The summed E-state index contributed by atoms with van der Waals surface area (Å²) in [7, 11) is 0. The van der Waals surface area contributed by atoms with E-state index in [9.17, 15) is 9.90 Å². The van der Waals surface area contributed by atoms with Crippen LogP contribution < -0.4 is 0 Å². The van der Waals surface area contributed by atoms with Gasteiger partial charge >= 0.3 is 0 Å². The highest BCUT2D eigenvalue weighted by molar-refractivity contribution is 7.12. The highest BCUT2D eigenvalue weighted by Gasteiger charge is 2.25. The van der Waals surface area contributed by atoms with Crippen molar-refractivity contribution in [2.24, 2.45) is 0 Å². The molecule has 1 atom stereocenters. The minimum Gasteiger partial charge on any atom is -0.392 e. The molecule has 1 aliphatic heterocycles. The Morgan fingerprint density at radius 2 is 2.20 bits per heavy atom. The fourth-order valence-electron chi connectivity index (χ4n) is 2.27. The number of carbonyl (C=O) groups excluding carboxylic acids is 1. The maximum absolute atomic E-state index is 12.3. The van der Waals surface area contributed by atoms with Gasteiger partial charge in [-0.1, -0.05) is 6.92 Å². The number of hydrogen-bond acceptors (Lipinski definition) is 5. The Bertz CT molecular complexity index is 501. The molecule has 2 heterocycles. The van der Waals surface area contributed by atoms with E-state index >= 15 is 0 Å². The highest BCUT2D eigenvalue weighted by atomic mass is 32.1. The molecule has 0 aliphatic carbocycles. The van der Waals surface area contributed by atoms with Crippen molar-refractivity contribution in [3.63, 3.8) is 0 Å². The van der Waals surface area contributed by atoms with Crippen molar-refractivity contribution in [2.45, 2.75) is 19.4 Å². The van der Waals surface area contributed by atoms with E-state index in [-0.39, 0.29) is 12.0 Å². The summed E-state index contributed by atoms with van der Waals surface area (Å²) in [4.78, 5) is 16.9. The molecule has 2 rings (SSSR count). The van der Waals surface area contributed by atoms with E-state index in [1.807, 2.05) is 6.92 Å². The smallest absolute Gasteiger partial charge is 0.265 e. The van der Waals surface area contributed by atoms with Crippen LogP contribution in [-0.4, -0.2) is 59.6 Å². The van der Waals surface area contributed by atoms with E-state index in [1.54, 1.807) is 16.3 Å². The number of piperazine rings is 1. The summed E-state index contributed by atoms with van der Waals surface area (Å²) in [6, 6.07) is 3.74. The lowest BCUT2D eigenvalue weighted by Gasteiger charge is -2.35. The first-order valence-corrected chi connectivity index (χ1v) is 7.71. The number of carbonyl (C=O) groups is 1. The van der Waals surface area contributed by atoms with E-state index < -0.39 is 0 Å². The largest absolute Gasteiger partial charge is 0.392 e. The molecule has 0 saturated carbocycles. The first-order valence-electron chi connectivity index (χ1n) is 6.83. The number of amides is 1. The third kappa shape index (κ3) is 3.37. The fourth-order valence-corrected chi connectivity index (χ4v) is 3.08. The second-order valence-electron chi connectivity index (χ2n) is 4.93. The maximum Gasteiger partial charge on any atom is 0.265 e. The third-order valence-corrected chi connectivity index (χ3v) is 4.48. The van der Waals surface area contributed by atoms with Gasteiger partial charge in [-0.3, -0.25) is 9.69 Å². The molecule has 0 radical (unpaired) electrons. The van der Waals surface area contributed by atoms with Gasteiger partial charge in [-0.2, -0.15) is 5.26 Å². The molecule has 1 amide bonds. The summed E-state index contributed by atoms with van der Waals surface area (Å²) in [6.07, 6.45) is 0.458. The number of aliphatic hydroxyl groups excluding tert-OH is 1. The number of β-amino-alcohol motifs (C(OH)–C–C–N with tert-alkyl or cyclic N) is 1. The van der Waals surface area contributed by atoms with Crippen LogP contribution in [0.4, 0.5) is 0 Å². The number of nitrogens with zero attached hydrogens (tertiary/aromatic N) is 3. The number of aliphatic hydroxyl groups is 1. The summed E-state index contributed by atoms with van der Waals surface area (Å²) in [5.74, 6) is -0.0489. The van der Waals surface area contributed by atoms with E-state index in [2.05, 4.69) is 11.0 Å². The number of nitriles is 1. The third-order valence-electron chi connectivity index (χ3n) is 3.58.